The van der Waals surface area contributed by atoms with Crippen molar-refractivity contribution in [1.82, 2.24) is 20.6 Å². The maximum Gasteiger partial charge on any atom is 0.191 e. The molecule has 6 heteroatoms. The van der Waals surface area contributed by atoms with Crippen molar-refractivity contribution in [2.75, 3.05) is 31.6 Å². The molecule has 0 atom stereocenters. The SMILES string of the molecule is CCN(CC)c1ccc(CNC(=NC)NCCc2c[nH]c3ccccc23)cn1. The van der Waals surface area contributed by atoms with E-state index < -0.39 is 0 Å². The molecule has 0 unspecified atom stereocenters. The molecule has 0 saturated heterocycles. The number of para-hydroxylation sites is 1. The van der Waals surface area contributed by atoms with E-state index in [1.54, 1.807) is 7.05 Å². The molecule has 3 aromatic rings. The number of rotatable bonds is 8. The maximum absolute atomic E-state index is 4.57. The van der Waals surface area contributed by atoms with Crippen molar-refractivity contribution >= 4 is 22.7 Å². The number of guanidine groups is 1. The Morgan fingerprint density at radius 1 is 1.11 bits per heavy atom. The van der Waals surface area contributed by atoms with E-state index >= 15 is 0 Å². The van der Waals surface area contributed by atoms with Gasteiger partial charge in [-0.05, 0) is 43.5 Å². The zero-order valence-electron chi connectivity index (χ0n) is 17.0. The fraction of sp³-hybridized carbons (Fsp3) is 0.364. The number of fused-ring (bicyclic) bond motifs is 1. The lowest BCUT2D eigenvalue weighted by molar-refractivity contribution is 0.792. The highest BCUT2D eigenvalue weighted by Gasteiger charge is 2.05. The molecule has 3 N–H and O–H groups in total. The molecule has 28 heavy (non-hydrogen) atoms. The monoisotopic (exact) mass is 378 g/mol. The quantitative estimate of drug-likeness (QED) is 0.415. The number of H-pyrrole nitrogens is 1. The average Bonchev–Trinajstić information content (AvgIpc) is 3.15. The molecule has 3 rings (SSSR count). The first-order chi connectivity index (χ1) is 13.7. The highest BCUT2D eigenvalue weighted by Crippen LogP contribution is 2.17. The predicted molar refractivity (Wildman–Crippen MR) is 118 cm³/mol. The first kappa shape index (κ1) is 19.7. The summed E-state index contributed by atoms with van der Waals surface area (Å²) in [5, 5.41) is 8.03. The number of hydrogen-bond acceptors (Lipinski definition) is 3. The number of pyridine rings is 1. The Kier molecular flexibility index (Phi) is 6.89. The smallest absolute Gasteiger partial charge is 0.191 e. The Balaban J connectivity index is 1.48. The van der Waals surface area contributed by atoms with Gasteiger partial charge >= 0.3 is 0 Å². The van der Waals surface area contributed by atoms with Gasteiger partial charge in [-0.25, -0.2) is 4.98 Å². The molecule has 0 aliphatic rings. The van der Waals surface area contributed by atoms with Gasteiger partial charge in [0.25, 0.3) is 0 Å². The molecular formula is C22H30N6. The van der Waals surface area contributed by atoms with Gasteiger partial charge in [-0.15, -0.1) is 0 Å². The van der Waals surface area contributed by atoms with Gasteiger partial charge in [-0.3, -0.25) is 4.99 Å². The van der Waals surface area contributed by atoms with Crippen LogP contribution in [0.1, 0.15) is 25.0 Å². The second-order valence-corrected chi connectivity index (χ2v) is 6.66. The summed E-state index contributed by atoms with van der Waals surface area (Å²) < 4.78 is 0. The van der Waals surface area contributed by atoms with E-state index in [-0.39, 0.29) is 0 Å². The van der Waals surface area contributed by atoms with Crippen LogP contribution in [0.3, 0.4) is 0 Å². The largest absolute Gasteiger partial charge is 0.361 e. The fourth-order valence-electron chi connectivity index (χ4n) is 3.32. The molecule has 0 bridgehead atoms. The van der Waals surface area contributed by atoms with E-state index in [1.165, 1.54) is 16.5 Å². The number of anilines is 1. The third-order valence-electron chi connectivity index (χ3n) is 4.94. The summed E-state index contributed by atoms with van der Waals surface area (Å²) in [6.45, 7) is 7.74. The van der Waals surface area contributed by atoms with E-state index in [0.717, 1.165) is 43.4 Å². The number of benzene rings is 1. The summed E-state index contributed by atoms with van der Waals surface area (Å²) in [6.07, 6.45) is 4.95. The van der Waals surface area contributed by atoms with Crippen LogP contribution in [0.4, 0.5) is 5.82 Å². The molecule has 0 radical (unpaired) electrons. The number of nitrogens with zero attached hydrogens (tertiary/aromatic N) is 3. The van der Waals surface area contributed by atoms with Crippen molar-refractivity contribution in [3.63, 3.8) is 0 Å². The van der Waals surface area contributed by atoms with Crippen LogP contribution in [0.5, 0.6) is 0 Å². The van der Waals surface area contributed by atoms with E-state index in [0.29, 0.717) is 6.54 Å². The Hall–Kier alpha value is -3.02. The second-order valence-electron chi connectivity index (χ2n) is 6.66. The van der Waals surface area contributed by atoms with Gasteiger partial charge in [-0.2, -0.15) is 0 Å². The molecule has 0 spiro atoms. The Bertz CT molecular complexity index is 893. The van der Waals surface area contributed by atoms with Gasteiger partial charge < -0.3 is 20.5 Å². The minimum Gasteiger partial charge on any atom is -0.361 e. The molecular weight excluding hydrogens is 348 g/mol. The fourth-order valence-corrected chi connectivity index (χ4v) is 3.32. The van der Waals surface area contributed by atoms with Gasteiger partial charge in [0.1, 0.15) is 5.82 Å². The lowest BCUT2D eigenvalue weighted by Gasteiger charge is -2.19. The van der Waals surface area contributed by atoms with Crippen molar-refractivity contribution in [2.24, 2.45) is 4.99 Å². The first-order valence-electron chi connectivity index (χ1n) is 9.94. The van der Waals surface area contributed by atoms with E-state index in [9.17, 15) is 0 Å². The van der Waals surface area contributed by atoms with Gasteiger partial charge in [0.05, 0.1) is 0 Å². The number of aromatic nitrogens is 2. The summed E-state index contributed by atoms with van der Waals surface area (Å²) in [5.74, 6) is 1.82. The topological polar surface area (TPSA) is 68.3 Å². The summed E-state index contributed by atoms with van der Waals surface area (Å²) in [7, 11) is 1.79. The van der Waals surface area contributed by atoms with Crippen LogP contribution in [0.25, 0.3) is 10.9 Å². The van der Waals surface area contributed by atoms with Crippen LogP contribution in [0.2, 0.25) is 0 Å². The average molecular weight is 379 g/mol. The molecule has 6 nitrogen and oxygen atoms in total. The lowest BCUT2D eigenvalue weighted by Crippen LogP contribution is -2.37. The third-order valence-corrected chi connectivity index (χ3v) is 4.94. The minimum atomic E-state index is 0.693. The van der Waals surface area contributed by atoms with Gasteiger partial charge in [0, 0.05) is 56.5 Å². The van der Waals surface area contributed by atoms with Gasteiger partial charge in [-0.1, -0.05) is 24.3 Å². The van der Waals surface area contributed by atoms with E-state index in [1.807, 2.05) is 6.20 Å². The summed E-state index contributed by atoms with van der Waals surface area (Å²) in [4.78, 5) is 14.4. The van der Waals surface area contributed by atoms with E-state index in [2.05, 4.69) is 86.9 Å². The number of nitrogens with one attached hydrogen (secondary N) is 3. The van der Waals surface area contributed by atoms with Gasteiger partial charge in [0.2, 0.25) is 0 Å². The molecule has 2 heterocycles. The molecule has 0 fully saturated rings. The summed E-state index contributed by atoms with van der Waals surface area (Å²) in [6, 6.07) is 12.6. The summed E-state index contributed by atoms with van der Waals surface area (Å²) >= 11 is 0. The van der Waals surface area contributed by atoms with Gasteiger partial charge in [0.15, 0.2) is 5.96 Å². The third kappa shape index (κ3) is 4.82. The molecule has 148 valence electrons. The van der Waals surface area contributed by atoms with Crippen LogP contribution in [0.15, 0.2) is 53.8 Å². The zero-order valence-corrected chi connectivity index (χ0v) is 17.0. The second kappa shape index (κ2) is 9.78. The van der Waals surface area contributed by atoms with Crippen molar-refractivity contribution in [3.05, 3.63) is 59.9 Å². The Morgan fingerprint density at radius 3 is 2.64 bits per heavy atom. The zero-order chi connectivity index (χ0) is 19.8. The highest BCUT2D eigenvalue weighted by molar-refractivity contribution is 5.83. The Morgan fingerprint density at radius 2 is 1.93 bits per heavy atom. The predicted octanol–water partition coefficient (Wildman–Crippen LogP) is 3.32. The van der Waals surface area contributed by atoms with Crippen molar-refractivity contribution in [1.29, 1.82) is 0 Å². The normalized spacial score (nSPS) is 11.6. The lowest BCUT2D eigenvalue weighted by atomic mass is 10.1. The minimum absolute atomic E-state index is 0.693. The Labute approximate surface area is 167 Å². The number of aromatic amines is 1. The number of aliphatic imine (C=N–C) groups is 1. The van der Waals surface area contributed by atoms with Crippen molar-refractivity contribution < 1.29 is 0 Å². The highest BCUT2D eigenvalue weighted by atomic mass is 15.2. The number of hydrogen-bond donors (Lipinski definition) is 3. The maximum atomic E-state index is 4.57. The van der Waals surface area contributed by atoms with Crippen LogP contribution in [-0.4, -0.2) is 42.6 Å². The van der Waals surface area contributed by atoms with Crippen LogP contribution in [-0.2, 0) is 13.0 Å². The van der Waals surface area contributed by atoms with Crippen molar-refractivity contribution in [3.8, 4) is 0 Å². The molecule has 2 aromatic heterocycles. The molecule has 0 aliphatic heterocycles. The molecule has 0 saturated carbocycles. The van der Waals surface area contributed by atoms with Crippen LogP contribution < -0.4 is 15.5 Å². The van der Waals surface area contributed by atoms with Crippen molar-refractivity contribution in [2.45, 2.75) is 26.8 Å². The van der Waals surface area contributed by atoms with Crippen LogP contribution in [0, 0.1) is 0 Å². The van der Waals surface area contributed by atoms with Crippen LogP contribution >= 0.6 is 0 Å². The first-order valence-corrected chi connectivity index (χ1v) is 9.94. The molecule has 0 amide bonds. The van der Waals surface area contributed by atoms with E-state index in [4.69, 9.17) is 0 Å². The summed E-state index contributed by atoms with van der Waals surface area (Å²) in [5.41, 5.74) is 3.63. The standard InChI is InChI=1S/C22H30N6/c1-4-28(5-2)21-11-10-17(14-26-21)15-27-22(23-3)24-13-12-18-16-25-20-9-7-6-8-19(18)20/h6-11,14,16,25H,4-5,12-13,15H2,1-3H3,(H2,23,24,27). The molecule has 0 aliphatic carbocycles. The molecule has 1 aromatic carbocycles.